The molecule has 2 fully saturated rings. The summed E-state index contributed by atoms with van der Waals surface area (Å²) >= 11 is 0. The maximum atomic E-state index is 13.0. The van der Waals surface area contributed by atoms with Gasteiger partial charge in [0.1, 0.15) is 5.69 Å². The maximum absolute atomic E-state index is 13.0. The molecular weight excluding hydrogens is 312 g/mol. The van der Waals surface area contributed by atoms with Crippen LogP contribution in [-0.4, -0.2) is 46.3 Å². The summed E-state index contributed by atoms with van der Waals surface area (Å²) in [6, 6.07) is 13.0. The first-order chi connectivity index (χ1) is 12.2. The van der Waals surface area contributed by atoms with Gasteiger partial charge in [-0.05, 0) is 44.4 Å². The zero-order valence-electron chi connectivity index (χ0n) is 14.8. The lowest BCUT2D eigenvalue weighted by Gasteiger charge is -2.23. The van der Waals surface area contributed by atoms with Crippen molar-refractivity contribution in [3.8, 4) is 0 Å². The molecule has 0 radical (unpaired) electrons. The molecule has 0 saturated carbocycles. The molecule has 2 aromatic rings. The highest BCUT2D eigenvalue weighted by atomic mass is 16.2. The molecule has 5 nitrogen and oxygen atoms in total. The molecule has 0 aliphatic carbocycles. The Balaban J connectivity index is 1.46. The fourth-order valence-electron chi connectivity index (χ4n) is 4.14. The van der Waals surface area contributed by atoms with Crippen molar-refractivity contribution in [2.45, 2.75) is 44.2 Å². The number of carbonyl (C=O) groups excluding carboxylic acids is 1. The van der Waals surface area contributed by atoms with Crippen LogP contribution < -0.4 is 5.32 Å². The van der Waals surface area contributed by atoms with Crippen molar-refractivity contribution in [1.29, 1.82) is 0 Å². The Bertz CT molecular complexity index is 720. The molecule has 1 amide bonds. The number of amides is 1. The van der Waals surface area contributed by atoms with E-state index < -0.39 is 0 Å². The molecule has 3 atom stereocenters. The van der Waals surface area contributed by atoms with Crippen LogP contribution in [0.5, 0.6) is 0 Å². The Hall–Kier alpha value is -2.14. The van der Waals surface area contributed by atoms with E-state index in [4.69, 9.17) is 0 Å². The number of nitrogens with one attached hydrogen (secondary N) is 1. The summed E-state index contributed by atoms with van der Waals surface area (Å²) < 4.78 is 1.97. The van der Waals surface area contributed by atoms with Crippen molar-refractivity contribution >= 4 is 5.91 Å². The Labute approximate surface area is 149 Å². The van der Waals surface area contributed by atoms with E-state index in [-0.39, 0.29) is 11.9 Å². The molecule has 3 unspecified atom stereocenters. The zero-order chi connectivity index (χ0) is 17.2. The number of hydrogen-bond acceptors (Lipinski definition) is 3. The lowest BCUT2D eigenvalue weighted by Crippen LogP contribution is -2.35. The van der Waals surface area contributed by atoms with Gasteiger partial charge in [-0.1, -0.05) is 30.3 Å². The highest BCUT2D eigenvalue weighted by molar-refractivity contribution is 5.92. The Morgan fingerprint density at radius 2 is 2.08 bits per heavy atom. The third-order valence-corrected chi connectivity index (χ3v) is 5.58. The number of piperidine rings is 1. The second kappa shape index (κ2) is 7.00. The molecule has 1 aromatic carbocycles. The van der Waals surface area contributed by atoms with Crippen LogP contribution in [0.25, 0.3) is 0 Å². The van der Waals surface area contributed by atoms with Gasteiger partial charge >= 0.3 is 0 Å². The number of nitrogens with zero attached hydrogens (tertiary/aromatic N) is 3. The van der Waals surface area contributed by atoms with Crippen molar-refractivity contribution in [3.63, 3.8) is 0 Å². The fraction of sp³-hybridized carbons (Fsp3) is 0.500. The third-order valence-electron chi connectivity index (χ3n) is 5.58. The van der Waals surface area contributed by atoms with Crippen LogP contribution in [-0.2, 0) is 0 Å². The van der Waals surface area contributed by atoms with Crippen molar-refractivity contribution in [1.82, 2.24) is 20.0 Å². The van der Waals surface area contributed by atoms with Crippen LogP contribution in [0.15, 0.2) is 42.6 Å². The van der Waals surface area contributed by atoms with Gasteiger partial charge in [0.2, 0.25) is 0 Å². The first kappa shape index (κ1) is 16.3. The molecule has 2 saturated heterocycles. The molecule has 0 bridgehead atoms. The number of carbonyl (C=O) groups is 1. The topological polar surface area (TPSA) is 50.2 Å². The second-order valence-electron chi connectivity index (χ2n) is 7.33. The van der Waals surface area contributed by atoms with E-state index >= 15 is 0 Å². The molecule has 2 aliphatic rings. The van der Waals surface area contributed by atoms with Gasteiger partial charge in [-0.25, -0.2) is 0 Å². The summed E-state index contributed by atoms with van der Waals surface area (Å²) in [6.07, 6.45) is 5.26. The maximum Gasteiger partial charge on any atom is 0.274 e. The van der Waals surface area contributed by atoms with Gasteiger partial charge in [0.05, 0.1) is 6.04 Å². The van der Waals surface area contributed by atoms with Gasteiger partial charge < -0.3 is 10.2 Å². The van der Waals surface area contributed by atoms with Gasteiger partial charge in [-0.15, -0.1) is 0 Å². The van der Waals surface area contributed by atoms with Gasteiger partial charge in [-0.3, -0.25) is 9.48 Å². The van der Waals surface area contributed by atoms with E-state index in [1.165, 1.54) is 5.56 Å². The smallest absolute Gasteiger partial charge is 0.274 e. The third kappa shape index (κ3) is 3.33. The number of hydrogen-bond donors (Lipinski definition) is 1. The quantitative estimate of drug-likeness (QED) is 0.936. The van der Waals surface area contributed by atoms with Gasteiger partial charge in [0.25, 0.3) is 5.91 Å². The van der Waals surface area contributed by atoms with Crippen molar-refractivity contribution in [2.75, 3.05) is 19.6 Å². The Kier molecular flexibility index (Phi) is 4.57. The molecule has 1 N–H and O–H groups in total. The molecular formula is C20H26N4O. The average Bonchev–Trinajstić information content (AvgIpc) is 3.30. The predicted molar refractivity (Wildman–Crippen MR) is 97.7 cm³/mol. The van der Waals surface area contributed by atoms with E-state index in [9.17, 15) is 4.79 Å². The predicted octanol–water partition coefficient (Wildman–Crippen LogP) is 2.83. The van der Waals surface area contributed by atoms with Crippen LogP contribution in [0, 0.1) is 0 Å². The molecule has 5 heteroatoms. The molecule has 1 aromatic heterocycles. The SMILES string of the molecule is CC1CC(c2ccccc2)CN1C(=O)c1ccn(C2CCCNC2)n1. The molecule has 4 rings (SSSR count). The van der Waals surface area contributed by atoms with E-state index in [2.05, 4.69) is 41.6 Å². The summed E-state index contributed by atoms with van der Waals surface area (Å²) in [6.45, 7) is 4.94. The van der Waals surface area contributed by atoms with Crippen LogP contribution in [0.3, 0.4) is 0 Å². The Morgan fingerprint density at radius 3 is 2.84 bits per heavy atom. The van der Waals surface area contributed by atoms with Crippen LogP contribution >= 0.6 is 0 Å². The fourth-order valence-corrected chi connectivity index (χ4v) is 4.14. The number of likely N-dealkylation sites (tertiary alicyclic amines) is 1. The molecule has 0 spiro atoms. The summed E-state index contributed by atoms with van der Waals surface area (Å²) in [7, 11) is 0. The molecule has 2 aliphatic heterocycles. The minimum atomic E-state index is 0.0634. The first-order valence-corrected chi connectivity index (χ1v) is 9.34. The van der Waals surface area contributed by atoms with E-state index in [0.29, 0.717) is 17.7 Å². The minimum absolute atomic E-state index is 0.0634. The van der Waals surface area contributed by atoms with Crippen LogP contribution in [0.2, 0.25) is 0 Å². The van der Waals surface area contributed by atoms with Crippen molar-refractivity contribution < 1.29 is 4.79 Å². The zero-order valence-corrected chi connectivity index (χ0v) is 14.8. The van der Waals surface area contributed by atoms with E-state index in [1.54, 1.807) is 0 Å². The number of aromatic nitrogens is 2. The van der Waals surface area contributed by atoms with Gasteiger partial charge in [0, 0.05) is 31.2 Å². The van der Waals surface area contributed by atoms with E-state index in [0.717, 1.165) is 38.9 Å². The minimum Gasteiger partial charge on any atom is -0.334 e. The normalized spacial score (nSPS) is 26.8. The van der Waals surface area contributed by atoms with Crippen LogP contribution in [0.4, 0.5) is 0 Å². The lowest BCUT2D eigenvalue weighted by atomic mass is 9.97. The first-order valence-electron chi connectivity index (χ1n) is 9.34. The average molecular weight is 338 g/mol. The highest BCUT2D eigenvalue weighted by Gasteiger charge is 2.34. The number of benzene rings is 1. The Morgan fingerprint density at radius 1 is 1.24 bits per heavy atom. The van der Waals surface area contributed by atoms with Gasteiger partial charge in [0.15, 0.2) is 0 Å². The summed E-state index contributed by atoms with van der Waals surface area (Å²) in [4.78, 5) is 15.0. The standard InChI is InChI=1S/C20H26N4O/c1-15-12-17(16-6-3-2-4-7-16)14-23(15)20(25)19-9-11-24(22-19)18-8-5-10-21-13-18/h2-4,6-7,9,11,15,17-18,21H,5,8,10,12-14H2,1H3. The number of rotatable bonds is 3. The lowest BCUT2D eigenvalue weighted by molar-refractivity contribution is 0.0738. The largest absolute Gasteiger partial charge is 0.334 e. The molecule has 3 heterocycles. The van der Waals surface area contributed by atoms with Crippen molar-refractivity contribution in [3.05, 3.63) is 53.9 Å². The molecule has 132 valence electrons. The second-order valence-corrected chi connectivity index (χ2v) is 7.33. The van der Waals surface area contributed by atoms with E-state index in [1.807, 2.05) is 27.9 Å². The summed E-state index contributed by atoms with van der Waals surface area (Å²) in [5, 5.41) is 8.00. The van der Waals surface area contributed by atoms with Gasteiger partial charge in [-0.2, -0.15) is 5.10 Å². The van der Waals surface area contributed by atoms with Crippen LogP contribution in [0.1, 0.15) is 54.2 Å². The van der Waals surface area contributed by atoms with Crippen molar-refractivity contribution in [2.24, 2.45) is 0 Å². The summed E-state index contributed by atoms with van der Waals surface area (Å²) in [5.41, 5.74) is 1.90. The monoisotopic (exact) mass is 338 g/mol. The molecule has 25 heavy (non-hydrogen) atoms. The summed E-state index contributed by atoms with van der Waals surface area (Å²) in [5.74, 6) is 0.484. The highest BCUT2D eigenvalue weighted by Crippen LogP contribution is 2.32.